The molecular weight excluding hydrogens is 221 g/mol. The van der Waals surface area contributed by atoms with Crippen molar-refractivity contribution >= 4 is 11.7 Å². The van der Waals surface area contributed by atoms with Crippen LogP contribution in [0.3, 0.4) is 0 Å². The van der Waals surface area contributed by atoms with Gasteiger partial charge in [0.1, 0.15) is 5.82 Å². The Morgan fingerprint density at radius 2 is 1.88 bits per heavy atom. The van der Waals surface area contributed by atoms with Gasteiger partial charge in [0.2, 0.25) is 0 Å². The van der Waals surface area contributed by atoms with Crippen molar-refractivity contribution < 1.29 is 14.3 Å². The molecule has 0 aromatic heterocycles. The highest BCUT2D eigenvalue weighted by molar-refractivity contribution is 5.88. The Bertz CT molecular complexity index is 387. The lowest BCUT2D eigenvalue weighted by Gasteiger charge is -2.23. The van der Waals surface area contributed by atoms with Gasteiger partial charge in [-0.25, -0.2) is 9.18 Å². The van der Waals surface area contributed by atoms with Gasteiger partial charge < -0.3 is 10.0 Å². The van der Waals surface area contributed by atoms with Gasteiger partial charge in [-0.2, -0.15) is 0 Å². The Morgan fingerprint density at radius 1 is 1.29 bits per heavy atom. The van der Waals surface area contributed by atoms with Crippen molar-refractivity contribution in [3.05, 3.63) is 29.6 Å². The highest BCUT2D eigenvalue weighted by Crippen LogP contribution is 2.19. The molecule has 0 heterocycles. The molecule has 0 aliphatic carbocycles. The molecule has 0 aliphatic heterocycles. The molecule has 0 saturated heterocycles. The molecule has 94 valence electrons. The predicted molar refractivity (Wildman–Crippen MR) is 66.2 cm³/mol. The van der Waals surface area contributed by atoms with Crippen LogP contribution in [0.1, 0.15) is 37.0 Å². The Balaban J connectivity index is 2.97. The van der Waals surface area contributed by atoms with Crippen molar-refractivity contribution in [2.24, 2.45) is 0 Å². The molecular formula is C13H18FNO2. The third-order valence-electron chi connectivity index (χ3n) is 2.54. The third-order valence-corrected chi connectivity index (χ3v) is 2.54. The van der Waals surface area contributed by atoms with Crippen LogP contribution in [0.25, 0.3) is 0 Å². The Morgan fingerprint density at radius 3 is 2.29 bits per heavy atom. The number of rotatable bonds is 6. The van der Waals surface area contributed by atoms with Gasteiger partial charge in [0.15, 0.2) is 0 Å². The van der Waals surface area contributed by atoms with Crippen LogP contribution in [0.2, 0.25) is 0 Å². The summed E-state index contributed by atoms with van der Waals surface area (Å²) in [7, 11) is 0. The van der Waals surface area contributed by atoms with Crippen LogP contribution < -0.4 is 4.90 Å². The highest BCUT2D eigenvalue weighted by atomic mass is 19.1. The van der Waals surface area contributed by atoms with Crippen LogP contribution in [-0.4, -0.2) is 24.2 Å². The summed E-state index contributed by atoms with van der Waals surface area (Å²) in [6, 6.07) is 4.29. The molecule has 0 radical (unpaired) electrons. The number of carbonyl (C=O) groups is 1. The smallest absolute Gasteiger partial charge is 0.338 e. The van der Waals surface area contributed by atoms with E-state index < -0.39 is 11.8 Å². The number of hydrogen-bond donors (Lipinski definition) is 1. The summed E-state index contributed by atoms with van der Waals surface area (Å²) in [5.41, 5.74) is 0.470. The highest BCUT2D eigenvalue weighted by Gasteiger charge is 2.12. The lowest BCUT2D eigenvalue weighted by atomic mass is 10.1. The van der Waals surface area contributed by atoms with Crippen molar-refractivity contribution in [2.45, 2.75) is 26.7 Å². The van der Waals surface area contributed by atoms with Crippen LogP contribution in [0.5, 0.6) is 0 Å². The van der Waals surface area contributed by atoms with Crippen molar-refractivity contribution in [3.8, 4) is 0 Å². The molecule has 1 rings (SSSR count). The predicted octanol–water partition coefficient (Wildman–Crippen LogP) is 3.15. The number of nitrogens with zero attached hydrogens (tertiary/aromatic N) is 1. The molecule has 0 amide bonds. The summed E-state index contributed by atoms with van der Waals surface area (Å²) in [6.07, 6.45) is 1.95. The minimum atomic E-state index is -1.23. The molecule has 0 bridgehead atoms. The zero-order valence-corrected chi connectivity index (χ0v) is 10.2. The quantitative estimate of drug-likeness (QED) is 0.829. The summed E-state index contributed by atoms with van der Waals surface area (Å²) < 4.78 is 13.5. The Hall–Kier alpha value is -1.58. The van der Waals surface area contributed by atoms with Crippen LogP contribution in [0.4, 0.5) is 10.1 Å². The van der Waals surface area contributed by atoms with Gasteiger partial charge in [0.25, 0.3) is 0 Å². The van der Waals surface area contributed by atoms with Crippen LogP contribution in [0, 0.1) is 5.82 Å². The fraction of sp³-hybridized carbons (Fsp3) is 0.462. The van der Waals surface area contributed by atoms with Gasteiger partial charge in [-0.1, -0.05) is 13.8 Å². The van der Waals surface area contributed by atoms with Crippen molar-refractivity contribution in [2.75, 3.05) is 18.0 Å². The first-order valence-electron chi connectivity index (χ1n) is 5.88. The summed E-state index contributed by atoms with van der Waals surface area (Å²) >= 11 is 0. The van der Waals surface area contributed by atoms with E-state index in [0.29, 0.717) is 0 Å². The average molecular weight is 239 g/mol. The van der Waals surface area contributed by atoms with Crippen LogP contribution in [-0.2, 0) is 0 Å². The fourth-order valence-electron chi connectivity index (χ4n) is 1.78. The zero-order valence-electron chi connectivity index (χ0n) is 10.2. The van der Waals surface area contributed by atoms with E-state index in [4.69, 9.17) is 5.11 Å². The summed E-state index contributed by atoms with van der Waals surface area (Å²) in [6.45, 7) is 5.81. The molecule has 0 aliphatic rings. The first kappa shape index (κ1) is 13.5. The third kappa shape index (κ3) is 3.44. The average Bonchev–Trinajstić information content (AvgIpc) is 2.28. The molecule has 0 fully saturated rings. The minimum Gasteiger partial charge on any atom is -0.478 e. The molecule has 1 aromatic rings. The maximum absolute atomic E-state index is 13.5. The van der Waals surface area contributed by atoms with E-state index in [-0.39, 0.29) is 5.56 Å². The van der Waals surface area contributed by atoms with E-state index in [1.807, 2.05) is 0 Å². The molecule has 0 atom stereocenters. The van der Waals surface area contributed by atoms with Crippen molar-refractivity contribution in [3.63, 3.8) is 0 Å². The molecule has 3 nitrogen and oxygen atoms in total. The van der Waals surface area contributed by atoms with Gasteiger partial charge in [-0.05, 0) is 31.0 Å². The molecule has 4 heteroatoms. The number of aromatic carboxylic acids is 1. The van der Waals surface area contributed by atoms with Gasteiger partial charge in [0, 0.05) is 18.8 Å². The maximum atomic E-state index is 13.5. The fourth-order valence-corrected chi connectivity index (χ4v) is 1.78. The number of benzene rings is 1. The van der Waals surface area contributed by atoms with Crippen LogP contribution >= 0.6 is 0 Å². The number of carboxylic acid groups (broad SMARTS) is 1. The number of anilines is 1. The van der Waals surface area contributed by atoms with E-state index in [1.165, 1.54) is 12.1 Å². The topological polar surface area (TPSA) is 40.5 Å². The minimum absolute atomic E-state index is 0.276. The van der Waals surface area contributed by atoms with Gasteiger partial charge in [-0.15, -0.1) is 0 Å². The normalized spacial score (nSPS) is 10.3. The van der Waals surface area contributed by atoms with E-state index in [2.05, 4.69) is 18.7 Å². The van der Waals surface area contributed by atoms with Crippen molar-refractivity contribution in [1.29, 1.82) is 0 Å². The van der Waals surface area contributed by atoms with Crippen LogP contribution in [0.15, 0.2) is 18.2 Å². The summed E-state index contributed by atoms with van der Waals surface area (Å²) in [5, 5.41) is 8.75. The lowest BCUT2D eigenvalue weighted by Crippen LogP contribution is -2.25. The first-order valence-corrected chi connectivity index (χ1v) is 5.88. The van der Waals surface area contributed by atoms with E-state index >= 15 is 0 Å². The molecule has 1 aromatic carbocycles. The second-order valence-corrected chi connectivity index (χ2v) is 3.96. The largest absolute Gasteiger partial charge is 0.478 e. The summed E-state index contributed by atoms with van der Waals surface area (Å²) in [4.78, 5) is 12.8. The SMILES string of the molecule is CCCN(CCC)c1ccc(C(=O)O)c(F)c1. The van der Waals surface area contributed by atoms with Gasteiger partial charge >= 0.3 is 5.97 Å². The number of halogens is 1. The number of hydrogen-bond acceptors (Lipinski definition) is 2. The number of carboxylic acids is 1. The van der Waals surface area contributed by atoms with Crippen molar-refractivity contribution in [1.82, 2.24) is 0 Å². The molecule has 0 saturated carbocycles. The molecule has 17 heavy (non-hydrogen) atoms. The molecule has 1 N–H and O–H groups in total. The van der Waals surface area contributed by atoms with E-state index in [0.717, 1.165) is 31.6 Å². The first-order chi connectivity index (χ1) is 8.10. The second-order valence-electron chi connectivity index (χ2n) is 3.96. The maximum Gasteiger partial charge on any atom is 0.338 e. The zero-order chi connectivity index (χ0) is 12.8. The second kappa shape index (κ2) is 6.23. The summed E-state index contributed by atoms with van der Waals surface area (Å²) in [5.74, 6) is -1.90. The van der Waals surface area contributed by atoms with E-state index in [9.17, 15) is 9.18 Å². The lowest BCUT2D eigenvalue weighted by molar-refractivity contribution is 0.0692. The van der Waals surface area contributed by atoms with E-state index in [1.54, 1.807) is 6.07 Å². The molecule has 0 unspecified atom stereocenters. The monoisotopic (exact) mass is 239 g/mol. The standard InChI is InChI=1S/C13H18FNO2/c1-3-7-15(8-4-2)10-5-6-11(13(16)17)12(14)9-10/h5-6,9H,3-4,7-8H2,1-2H3,(H,16,17). The molecule has 0 spiro atoms. The van der Waals surface area contributed by atoms with Gasteiger partial charge in [-0.3, -0.25) is 0 Å². The van der Waals surface area contributed by atoms with Gasteiger partial charge in [0.05, 0.1) is 5.56 Å². The Kier molecular flexibility index (Phi) is 4.94. The Labute approximate surface area is 101 Å².